The van der Waals surface area contributed by atoms with Crippen molar-refractivity contribution in [3.05, 3.63) is 0 Å². The van der Waals surface area contributed by atoms with Crippen molar-refractivity contribution in [2.75, 3.05) is 0 Å². The second-order valence-electron chi connectivity index (χ2n) is 4.47. The van der Waals surface area contributed by atoms with Crippen LogP contribution in [0.15, 0.2) is 0 Å². The smallest absolute Gasteiger partial charge is 0.324 e. The number of hydrogen-bond donors (Lipinski definition) is 4. The van der Waals surface area contributed by atoms with E-state index >= 15 is 0 Å². The summed E-state index contributed by atoms with van der Waals surface area (Å²) < 4.78 is 0. The van der Waals surface area contributed by atoms with Gasteiger partial charge in [-0.1, -0.05) is 25.7 Å². The molecular weight excluding hydrogens is 212 g/mol. The highest BCUT2D eigenvalue weighted by Gasteiger charge is 2.66. The molecule has 6 heteroatoms. The van der Waals surface area contributed by atoms with Crippen molar-refractivity contribution in [2.45, 2.75) is 44.2 Å². The molecule has 0 radical (unpaired) electrons. The molecule has 0 amide bonds. The third-order valence-electron chi connectivity index (χ3n) is 3.44. The van der Waals surface area contributed by atoms with Crippen LogP contribution < -0.4 is 11.5 Å². The van der Waals surface area contributed by atoms with E-state index in [0.717, 1.165) is 0 Å². The lowest BCUT2D eigenvalue weighted by atomic mass is 9.60. The molecule has 2 aliphatic rings. The van der Waals surface area contributed by atoms with Gasteiger partial charge in [-0.25, -0.2) is 0 Å². The third-order valence-corrected chi connectivity index (χ3v) is 3.44. The Hall–Kier alpha value is -1.14. The van der Waals surface area contributed by atoms with Crippen LogP contribution in [0.3, 0.4) is 0 Å². The Bertz CT molecular complexity index is 279. The van der Waals surface area contributed by atoms with Crippen LogP contribution in [0.2, 0.25) is 0 Å². The number of carbonyl (C=O) groups is 2. The summed E-state index contributed by atoms with van der Waals surface area (Å²) in [4.78, 5) is 21.2. The van der Waals surface area contributed by atoms with E-state index in [1.165, 1.54) is 25.7 Å². The SMILES string of the molecule is C1CCC1.NC1(N)CCC1(C(=O)O)C(=O)O. The molecule has 16 heavy (non-hydrogen) atoms. The number of hydrogen-bond acceptors (Lipinski definition) is 4. The van der Waals surface area contributed by atoms with Gasteiger partial charge in [0.2, 0.25) is 0 Å². The van der Waals surface area contributed by atoms with Crippen molar-refractivity contribution >= 4 is 11.9 Å². The molecule has 0 aromatic heterocycles. The Labute approximate surface area is 93.6 Å². The van der Waals surface area contributed by atoms with E-state index in [1.54, 1.807) is 0 Å². The van der Waals surface area contributed by atoms with Crippen molar-refractivity contribution in [3.8, 4) is 0 Å². The lowest BCUT2D eigenvalue weighted by molar-refractivity contribution is -0.181. The minimum Gasteiger partial charge on any atom is -0.480 e. The van der Waals surface area contributed by atoms with E-state index in [1.807, 2.05) is 0 Å². The van der Waals surface area contributed by atoms with Crippen LogP contribution in [0, 0.1) is 5.41 Å². The standard InChI is InChI=1S/C6H10N2O4.C4H8/c7-6(8)2-1-5(6,3(9)10)4(11)12;1-2-4-3-1/h1-2,7-8H2,(H,9,10)(H,11,12);1-4H2. The molecule has 2 aliphatic carbocycles. The van der Waals surface area contributed by atoms with Crippen LogP contribution in [-0.2, 0) is 9.59 Å². The van der Waals surface area contributed by atoms with Gasteiger partial charge in [0.1, 0.15) is 0 Å². The maximum absolute atomic E-state index is 10.6. The highest BCUT2D eigenvalue weighted by atomic mass is 16.4. The number of nitrogens with two attached hydrogens (primary N) is 2. The normalized spacial score (nSPS) is 24.1. The Balaban J connectivity index is 0.000000267. The van der Waals surface area contributed by atoms with Crippen LogP contribution in [0.4, 0.5) is 0 Å². The van der Waals surface area contributed by atoms with E-state index in [4.69, 9.17) is 21.7 Å². The summed E-state index contributed by atoms with van der Waals surface area (Å²) in [6.07, 6.45) is 6.20. The zero-order valence-electron chi connectivity index (χ0n) is 9.11. The van der Waals surface area contributed by atoms with E-state index in [9.17, 15) is 9.59 Å². The van der Waals surface area contributed by atoms with Gasteiger partial charge in [-0.05, 0) is 12.8 Å². The van der Waals surface area contributed by atoms with Gasteiger partial charge in [0.15, 0.2) is 5.41 Å². The summed E-state index contributed by atoms with van der Waals surface area (Å²) >= 11 is 0. The molecule has 0 aliphatic heterocycles. The van der Waals surface area contributed by atoms with Crippen LogP contribution in [0.1, 0.15) is 38.5 Å². The minimum absolute atomic E-state index is 0.00926. The van der Waals surface area contributed by atoms with E-state index in [2.05, 4.69) is 0 Å². The Morgan fingerprint density at radius 1 is 0.875 bits per heavy atom. The minimum atomic E-state index is -1.99. The van der Waals surface area contributed by atoms with Gasteiger partial charge in [-0.3, -0.25) is 9.59 Å². The molecule has 6 nitrogen and oxygen atoms in total. The van der Waals surface area contributed by atoms with Crippen molar-refractivity contribution in [3.63, 3.8) is 0 Å². The molecule has 0 atom stereocenters. The molecule has 2 rings (SSSR count). The average molecular weight is 230 g/mol. The van der Waals surface area contributed by atoms with Gasteiger partial charge in [-0.2, -0.15) is 0 Å². The van der Waals surface area contributed by atoms with Gasteiger partial charge < -0.3 is 21.7 Å². The van der Waals surface area contributed by atoms with Crippen LogP contribution in [0.25, 0.3) is 0 Å². The van der Waals surface area contributed by atoms with Crippen molar-refractivity contribution in [1.82, 2.24) is 0 Å². The maximum atomic E-state index is 10.6. The number of aliphatic carboxylic acids is 2. The van der Waals surface area contributed by atoms with E-state index in [-0.39, 0.29) is 12.8 Å². The van der Waals surface area contributed by atoms with Crippen molar-refractivity contribution < 1.29 is 19.8 Å². The summed E-state index contributed by atoms with van der Waals surface area (Å²) in [5.74, 6) is -2.93. The lowest BCUT2D eigenvalue weighted by Crippen LogP contribution is -2.75. The topological polar surface area (TPSA) is 127 Å². The Morgan fingerprint density at radius 2 is 1.25 bits per heavy atom. The van der Waals surface area contributed by atoms with E-state index in [0.29, 0.717) is 0 Å². The first-order chi connectivity index (χ1) is 7.34. The van der Waals surface area contributed by atoms with Gasteiger partial charge in [0.25, 0.3) is 0 Å². The van der Waals surface area contributed by atoms with Gasteiger partial charge in [-0.15, -0.1) is 0 Å². The molecule has 0 aromatic rings. The lowest BCUT2D eigenvalue weighted by Gasteiger charge is -2.48. The first-order valence-corrected chi connectivity index (χ1v) is 5.39. The quantitative estimate of drug-likeness (QED) is 0.394. The van der Waals surface area contributed by atoms with Crippen LogP contribution in [-0.4, -0.2) is 27.8 Å². The zero-order chi connectivity index (χ0) is 12.4. The molecule has 2 saturated carbocycles. The molecule has 92 valence electrons. The predicted molar refractivity (Wildman–Crippen MR) is 56.5 cm³/mol. The average Bonchev–Trinajstić information content (AvgIpc) is 1.97. The summed E-state index contributed by atoms with van der Waals surface area (Å²) in [6, 6.07) is 0. The molecule has 0 bridgehead atoms. The molecule has 0 unspecified atom stereocenters. The fraction of sp³-hybridized carbons (Fsp3) is 0.800. The van der Waals surface area contributed by atoms with Crippen LogP contribution in [0.5, 0.6) is 0 Å². The Kier molecular flexibility index (Phi) is 3.54. The van der Waals surface area contributed by atoms with Gasteiger partial charge >= 0.3 is 11.9 Å². The first kappa shape index (κ1) is 12.9. The second-order valence-corrected chi connectivity index (χ2v) is 4.47. The number of carboxylic acids is 2. The molecule has 0 saturated heterocycles. The summed E-state index contributed by atoms with van der Waals surface area (Å²) in [7, 11) is 0. The monoisotopic (exact) mass is 230 g/mol. The van der Waals surface area contributed by atoms with E-state index < -0.39 is 23.0 Å². The molecular formula is C10H18N2O4. The van der Waals surface area contributed by atoms with Crippen LogP contribution >= 0.6 is 0 Å². The molecule has 2 fully saturated rings. The highest BCUT2D eigenvalue weighted by Crippen LogP contribution is 2.45. The molecule has 0 spiro atoms. The highest BCUT2D eigenvalue weighted by molar-refractivity contribution is 6.01. The van der Waals surface area contributed by atoms with Gasteiger partial charge in [0.05, 0.1) is 5.66 Å². The molecule has 0 heterocycles. The summed E-state index contributed by atoms with van der Waals surface area (Å²) in [5.41, 5.74) is 7.02. The summed E-state index contributed by atoms with van der Waals surface area (Å²) in [6.45, 7) is 0. The molecule has 6 N–H and O–H groups in total. The predicted octanol–water partition coefficient (Wildman–Crippen LogP) is 0.110. The first-order valence-electron chi connectivity index (χ1n) is 5.39. The second kappa shape index (κ2) is 4.39. The number of rotatable bonds is 2. The zero-order valence-corrected chi connectivity index (χ0v) is 9.11. The fourth-order valence-corrected chi connectivity index (χ4v) is 1.62. The summed E-state index contributed by atoms with van der Waals surface area (Å²) in [5, 5.41) is 17.3. The van der Waals surface area contributed by atoms with Crippen molar-refractivity contribution in [1.29, 1.82) is 0 Å². The number of carboxylic acid groups (broad SMARTS) is 2. The fourth-order valence-electron chi connectivity index (χ4n) is 1.62. The Morgan fingerprint density at radius 3 is 1.25 bits per heavy atom. The molecule has 0 aromatic carbocycles. The third kappa shape index (κ3) is 1.90. The van der Waals surface area contributed by atoms with Crippen molar-refractivity contribution in [2.24, 2.45) is 16.9 Å². The maximum Gasteiger partial charge on any atom is 0.324 e. The largest absolute Gasteiger partial charge is 0.480 e. The van der Waals surface area contributed by atoms with Gasteiger partial charge in [0, 0.05) is 0 Å².